The van der Waals surface area contributed by atoms with Crippen molar-refractivity contribution >= 4 is 11.9 Å². The lowest BCUT2D eigenvalue weighted by atomic mass is 10.1. The van der Waals surface area contributed by atoms with Crippen molar-refractivity contribution in [3.8, 4) is 0 Å². The fraction of sp³-hybridized carbons (Fsp3) is 0.600. The first kappa shape index (κ1) is 12.5. The fourth-order valence-electron chi connectivity index (χ4n) is 1.42. The molecule has 0 atom stereocenters. The summed E-state index contributed by atoms with van der Waals surface area (Å²) in [5.74, 6) is -1.65. The first-order valence-corrected chi connectivity index (χ1v) is 5.58. The summed E-state index contributed by atoms with van der Waals surface area (Å²) in [4.78, 5) is 22.7. The van der Waals surface area contributed by atoms with Gasteiger partial charge in [0.05, 0.1) is 12.2 Å². The Morgan fingerprint density at radius 1 is 1.56 bits per heavy atom. The van der Waals surface area contributed by atoms with Crippen LogP contribution in [-0.4, -0.2) is 50.6 Å². The van der Waals surface area contributed by atoms with Gasteiger partial charge in [0.1, 0.15) is 5.54 Å². The van der Waals surface area contributed by atoms with Gasteiger partial charge in [-0.2, -0.15) is 0 Å². The van der Waals surface area contributed by atoms with Crippen LogP contribution in [0.2, 0.25) is 0 Å². The molecule has 0 aromatic carbocycles. The molecule has 0 radical (unpaired) electrons. The molecule has 2 rings (SSSR count). The summed E-state index contributed by atoms with van der Waals surface area (Å²) in [5, 5.41) is 22.0. The van der Waals surface area contributed by atoms with Gasteiger partial charge in [0, 0.05) is 13.1 Å². The van der Waals surface area contributed by atoms with E-state index in [0.717, 1.165) is 13.1 Å². The van der Waals surface area contributed by atoms with Gasteiger partial charge in [0.2, 0.25) is 0 Å². The number of carboxylic acid groups (broad SMARTS) is 1. The molecule has 98 valence electrons. The molecule has 8 heteroatoms. The van der Waals surface area contributed by atoms with Crippen LogP contribution in [0.1, 0.15) is 30.4 Å². The van der Waals surface area contributed by atoms with Crippen molar-refractivity contribution < 1.29 is 14.7 Å². The Hall–Kier alpha value is -1.96. The standard InChI is InChI=1S/C10H15N5O3/c1-10(2,9(17)18)12-8(16)7-5-15(14-13-7)6-3-11-4-6/h5-6,11H,3-4H2,1-2H3,(H,12,16)(H,17,18). The number of amides is 1. The highest BCUT2D eigenvalue weighted by molar-refractivity contribution is 5.95. The maximum absolute atomic E-state index is 11.8. The number of rotatable bonds is 4. The molecule has 18 heavy (non-hydrogen) atoms. The average Bonchev–Trinajstić information content (AvgIpc) is 2.63. The van der Waals surface area contributed by atoms with E-state index in [-0.39, 0.29) is 11.7 Å². The molecule has 0 spiro atoms. The van der Waals surface area contributed by atoms with Crippen molar-refractivity contribution in [3.63, 3.8) is 0 Å². The summed E-state index contributed by atoms with van der Waals surface area (Å²) in [6, 6.07) is 0.214. The zero-order valence-electron chi connectivity index (χ0n) is 10.2. The smallest absolute Gasteiger partial charge is 0.328 e. The third-order valence-corrected chi connectivity index (χ3v) is 2.84. The second kappa shape index (κ2) is 4.37. The molecule has 1 aliphatic rings. The number of carbonyl (C=O) groups is 2. The average molecular weight is 253 g/mol. The first-order chi connectivity index (χ1) is 8.40. The lowest BCUT2D eigenvalue weighted by Gasteiger charge is -2.26. The number of nitrogens with one attached hydrogen (secondary N) is 2. The number of nitrogens with zero attached hydrogens (tertiary/aromatic N) is 3. The van der Waals surface area contributed by atoms with Gasteiger partial charge >= 0.3 is 5.97 Å². The summed E-state index contributed by atoms with van der Waals surface area (Å²) < 4.78 is 1.61. The molecule has 2 heterocycles. The van der Waals surface area contributed by atoms with E-state index in [1.54, 1.807) is 4.68 Å². The molecule has 1 fully saturated rings. The van der Waals surface area contributed by atoms with E-state index in [1.807, 2.05) is 0 Å². The Kier molecular flexibility index (Phi) is 3.04. The van der Waals surface area contributed by atoms with Crippen LogP contribution in [0.15, 0.2) is 6.20 Å². The minimum Gasteiger partial charge on any atom is -0.480 e. The number of aromatic nitrogens is 3. The molecule has 0 aliphatic carbocycles. The van der Waals surface area contributed by atoms with Crippen LogP contribution < -0.4 is 10.6 Å². The van der Waals surface area contributed by atoms with Crippen molar-refractivity contribution in [2.75, 3.05) is 13.1 Å². The molecular weight excluding hydrogens is 238 g/mol. The SMILES string of the molecule is CC(C)(NC(=O)c1cn(C2CNC2)nn1)C(=O)O. The number of carbonyl (C=O) groups excluding carboxylic acids is 1. The quantitative estimate of drug-likeness (QED) is 0.636. The van der Waals surface area contributed by atoms with Crippen LogP contribution in [0.25, 0.3) is 0 Å². The number of aliphatic carboxylic acids is 1. The van der Waals surface area contributed by atoms with E-state index < -0.39 is 17.4 Å². The Bertz CT molecular complexity index is 478. The molecule has 1 aliphatic heterocycles. The first-order valence-electron chi connectivity index (χ1n) is 5.58. The van der Waals surface area contributed by atoms with Gasteiger partial charge in [0.15, 0.2) is 5.69 Å². The monoisotopic (exact) mass is 253 g/mol. The van der Waals surface area contributed by atoms with Gasteiger partial charge in [-0.3, -0.25) is 4.79 Å². The van der Waals surface area contributed by atoms with E-state index in [4.69, 9.17) is 5.11 Å². The van der Waals surface area contributed by atoms with Crippen molar-refractivity contribution in [1.29, 1.82) is 0 Å². The summed E-state index contributed by atoms with van der Waals surface area (Å²) >= 11 is 0. The summed E-state index contributed by atoms with van der Waals surface area (Å²) in [5.41, 5.74) is -1.21. The lowest BCUT2D eigenvalue weighted by molar-refractivity contribution is -0.143. The summed E-state index contributed by atoms with van der Waals surface area (Å²) in [7, 11) is 0. The van der Waals surface area contributed by atoms with Crippen molar-refractivity contribution in [2.45, 2.75) is 25.4 Å². The van der Waals surface area contributed by atoms with E-state index >= 15 is 0 Å². The van der Waals surface area contributed by atoms with E-state index in [2.05, 4.69) is 20.9 Å². The normalized spacial score (nSPS) is 16.1. The summed E-state index contributed by atoms with van der Waals surface area (Å²) in [6.45, 7) is 4.41. The Balaban J connectivity index is 2.05. The maximum Gasteiger partial charge on any atom is 0.328 e. The van der Waals surface area contributed by atoms with Gasteiger partial charge < -0.3 is 15.7 Å². The molecule has 0 unspecified atom stereocenters. The molecule has 0 saturated carbocycles. The highest BCUT2D eigenvalue weighted by atomic mass is 16.4. The third-order valence-electron chi connectivity index (χ3n) is 2.84. The Morgan fingerprint density at radius 3 is 2.72 bits per heavy atom. The van der Waals surface area contributed by atoms with Crippen LogP contribution in [0.5, 0.6) is 0 Å². The van der Waals surface area contributed by atoms with Crippen molar-refractivity contribution in [1.82, 2.24) is 25.6 Å². The van der Waals surface area contributed by atoms with Gasteiger partial charge in [-0.05, 0) is 13.8 Å². The minimum atomic E-state index is -1.33. The largest absolute Gasteiger partial charge is 0.480 e. The minimum absolute atomic E-state index is 0.122. The Labute approximate surface area is 103 Å². The van der Waals surface area contributed by atoms with Crippen molar-refractivity contribution in [2.24, 2.45) is 0 Å². The van der Waals surface area contributed by atoms with Gasteiger partial charge in [-0.25, -0.2) is 9.48 Å². The molecular formula is C10H15N5O3. The molecule has 1 aromatic rings. The molecule has 3 N–H and O–H groups in total. The third kappa shape index (κ3) is 2.33. The Morgan fingerprint density at radius 2 is 2.22 bits per heavy atom. The van der Waals surface area contributed by atoms with E-state index in [9.17, 15) is 9.59 Å². The zero-order chi connectivity index (χ0) is 13.3. The summed E-state index contributed by atoms with van der Waals surface area (Å²) in [6.07, 6.45) is 1.53. The zero-order valence-corrected chi connectivity index (χ0v) is 10.2. The topological polar surface area (TPSA) is 109 Å². The second-order valence-electron chi connectivity index (χ2n) is 4.78. The van der Waals surface area contributed by atoms with E-state index in [0.29, 0.717) is 0 Å². The molecule has 0 bridgehead atoms. The van der Waals surface area contributed by atoms with Gasteiger partial charge in [-0.1, -0.05) is 5.21 Å². The maximum atomic E-state index is 11.8. The van der Waals surface area contributed by atoms with Crippen molar-refractivity contribution in [3.05, 3.63) is 11.9 Å². The lowest BCUT2D eigenvalue weighted by Crippen LogP contribution is -2.49. The van der Waals surface area contributed by atoms with Gasteiger partial charge in [0.25, 0.3) is 5.91 Å². The molecule has 8 nitrogen and oxygen atoms in total. The van der Waals surface area contributed by atoms with Crippen LogP contribution in [-0.2, 0) is 4.79 Å². The number of carboxylic acids is 1. The van der Waals surface area contributed by atoms with Crippen LogP contribution in [0, 0.1) is 0 Å². The molecule has 1 aromatic heterocycles. The number of hydrogen-bond donors (Lipinski definition) is 3. The van der Waals surface area contributed by atoms with Crippen LogP contribution in [0.3, 0.4) is 0 Å². The van der Waals surface area contributed by atoms with Crippen LogP contribution >= 0.6 is 0 Å². The fourth-order valence-corrected chi connectivity index (χ4v) is 1.42. The van der Waals surface area contributed by atoms with Gasteiger partial charge in [-0.15, -0.1) is 5.10 Å². The van der Waals surface area contributed by atoms with E-state index in [1.165, 1.54) is 20.0 Å². The van der Waals surface area contributed by atoms with Crippen LogP contribution in [0.4, 0.5) is 0 Å². The second-order valence-corrected chi connectivity index (χ2v) is 4.78. The molecule has 1 saturated heterocycles. The predicted octanol–water partition coefficient (Wildman–Crippen LogP) is -0.985. The number of hydrogen-bond acceptors (Lipinski definition) is 5. The predicted molar refractivity (Wildman–Crippen MR) is 61.1 cm³/mol. The molecule has 1 amide bonds. The highest BCUT2D eigenvalue weighted by Crippen LogP contribution is 2.10. The highest BCUT2D eigenvalue weighted by Gasteiger charge is 2.30.